The quantitative estimate of drug-likeness (QED) is 0.328. The van der Waals surface area contributed by atoms with Gasteiger partial charge in [0.05, 0.1) is 22.8 Å². The Hall–Kier alpha value is -2.60. The minimum Gasteiger partial charge on any atom is -0.550 e. The summed E-state index contributed by atoms with van der Waals surface area (Å²) in [5.74, 6) is -1.68. The molecule has 0 aliphatic carbocycles. The zero-order valence-electron chi connectivity index (χ0n) is 23.3. The average Bonchev–Trinajstić information content (AvgIpc) is 2.91. The average molecular weight is 591 g/mol. The summed E-state index contributed by atoms with van der Waals surface area (Å²) in [6.45, 7) is 4.08. The number of aliphatic carboxylic acids is 1. The van der Waals surface area contributed by atoms with E-state index in [4.69, 9.17) is 4.98 Å². The maximum atomic E-state index is 13.9. The van der Waals surface area contributed by atoms with Crippen molar-refractivity contribution in [2.75, 3.05) is 10.8 Å². The van der Waals surface area contributed by atoms with Crippen molar-refractivity contribution in [3.8, 4) is 11.1 Å². The minimum absolute atomic E-state index is 0. The van der Waals surface area contributed by atoms with E-state index in [2.05, 4.69) is 0 Å². The molecule has 0 saturated heterocycles. The van der Waals surface area contributed by atoms with Crippen molar-refractivity contribution in [2.45, 2.75) is 62.6 Å². The van der Waals surface area contributed by atoms with Gasteiger partial charge in [-0.1, -0.05) is 56.3 Å². The molecule has 3 aromatic rings. The van der Waals surface area contributed by atoms with Crippen molar-refractivity contribution in [1.82, 2.24) is 4.98 Å². The van der Waals surface area contributed by atoms with Gasteiger partial charge in [0, 0.05) is 36.5 Å². The van der Waals surface area contributed by atoms with Gasteiger partial charge >= 0.3 is 29.6 Å². The number of carbonyl (C=O) groups is 1. The topological polar surface area (TPSA) is 131 Å². The molecule has 0 amide bonds. The molecule has 41 heavy (non-hydrogen) atoms. The second-order valence-corrected chi connectivity index (χ2v) is 12.0. The predicted molar refractivity (Wildman–Crippen MR) is 148 cm³/mol. The maximum Gasteiger partial charge on any atom is 1.00 e. The largest absolute Gasteiger partial charge is 1.00 e. The van der Waals surface area contributed by atoms with Crippen LogP contribution in [0.2, 0.25) is 0 Å². The van der Waals surface area contributed by atoms with E-state index in [1.807, 2.05) is 13.8 Å². The summed E-state index contributed by atoms with van der Waals surface area (Å²) < 4.78 is 42.7. The van der Waals surface area contributed by atoms with Crippen molar-refractivity contribution >= 4 is 27.9 Å². The van der Waals surface area contributed by atoms with Crippen LogP contribution in [-0.4, -0.2) is 48.3 Å². The number of halogens is 1. The second kappa shape index (κ2) is 14.0. The number of sulfonamides is 1. The predicted octanol–water partition coefficient (Wildman–Crippen LogP) is 0.422. The number of aliphatic hydroxyl groups is 2. The number of hydrogen-bond donors (Lipinski definition) is 2. The Balaban J connectivity index is 0.00000462. The first-order valence-corrected chi connectivity index (χ1v) is 14.6. The number of carboxylic acids is 1. The van der Waals surface area contributed by atoms with Gasteiger partial charge in [-0.25, -0.2) is 22.1 Å². The number of rotatable bonds is 10. The summed E-state index contributed by atoms with van der Waals surface area (Å²) in [4.78, 5) is 15.8. The van der Waals surface area contributed by atoms with Gasteiger partial charge in [0.1, 0.15) is 11.6 Å². The summed E-state index contributed by atoms with van der Waals surface area (Å²) in [5, 5.41) is 31.2. The molecule has 1 aliphatic rings. The van der Waals surface area contributed by atoms with Crippen LogP contribution >= 0.6 is 0 Å². The Labute approximate surface area is 261 Å². The zero-order valence-corrected chi connectivity index (χ0v) is 26.1. The van der Waals surface area contributed by atoms with Crippen LogP contribution in [0.1, 0.15) is 55.8 Å². The monoisotopic (exact) mass is 590 g/mol. The van der Waals surface area contributed by atoms with Crippen LogP contribution in [0.4, 0.5) is 10.2 Å². The molecule has 8 nitrogen and oxygen atoms in total. The normalized spacial score (nSPS) is 14.9. The molecule has 0 saturated carbocycles. The van der Waals surface area contributed by atoms with E-state index in [9.17, 15) is 32.9 Å². The van der Waals surface area contributed by atoms with Crippen molar-refractivity contribution in [3.05, 3.63) is 83.3 Å². The number of benzene rings is 2. The molecule has 0 radical (unpaired) electrons. The minimum atomic E-state index is -3.91. The van der Waals surface area contributed by atoms with Crippen LogP contribution in [0.5, 0.6) is 0 Å². The van der Waals surface area contributed by atoms with Crippen molar-refractivity contribution in [2.24, 2.45) is 0 Å². The molecular formula is C30H32FN2NaO6S. The van der Waals surface area contributed by atoms with Crippen molar-refractivity contribution in [3.63, 3.8) is 0 Å². The molecule has 0 bridgehead atoms. The smallest absolute Gasteiger partial charge is 0.550 e. The third kappa shape index (κ3) is 7.63. The van der Waals surface area contributed by atoms with Crippen LogP contribution in [0, 0.1) is 5.82 Å². The fraction of sp³-hybridized carbons (Fsp3) is 0.333. The number of nitrogens with zero attached hydrogens (tertiary/aromatic N) is 2. The van der Waals surface area contributed by atoms with Gasteiger partial charge in [-0.2, -0.15) is 0 Å². The fourth-order valence-corrected chi connectivity index (χ4v) is 6.45. The Morgan fingerprint density at radius 2 is 1.78 bits per heavy atom. The Kier molecular flexibility index (Phi) is 11.3. The Morgan fingerprint density at radius 3 is 2.39 bits per heavy atom. The first-order chi connectivity index (χ1) is 19.0. The number of carbonyl (C=O) groups excluding carboxylic acids is 1. The summed E-state index contributed by atoms with van der Waals surface area (Å²) in [6, 6.07) is 14.1. The zero-order chi connectivity index (χ0) is 29.0. The van der Waals surface area contributed by atoms with Gasteiger partial charge < -0.3 is 20.1 Å². The standard InChI is InChI=1S/C30H33FN2O6S.Na/c1-19(2)29-25(15-14-22(34)17-23(35)18-27(36)37)28(20-10-12-21(31)13-11-20)26-9-6-16-33(30(26)32-29)40(38,39)24-7-4-3-5-8-24;/h3-5,7-8,10-15,19,22-23,34-35H,6,9,16-18H2,1-2H3,(H,36,37);/q;+1/p-1/b15-14+;/t22-,23-;/m1./s1. The van der Waals surface area contributed by atoms with E-state index in [0.29, 0.717) is 46.6 Å². The second-order valence-electron chi connectivity index (χ2n) is 10.1. The van der Waals surface area contributed by atoms with Crippen LogP contribution in [0.15, 0.2) is 65.6 Å². The van der Waals surface area contributed by atoms with Crippen LogP contribution < -0.4 is 39.0 Å². The number of pyridine rings is 1. The number of hydrogen-bond acceptors (Lipinski definition) is 7. The third-order valence-electron chi connectivity index (χ3n) is 6.78. The van der Waals surface area contributed by atoms with Gasteiger partial charge in [0.25, 0.3) is 10.0 Å². The molecule has 0 fully saturated rings. The molecule has 1 aromatic heterocycles. The van der Waals surface area contributed by atoms with E-state index in [-0.39, 0.29) is 53.3 Å². The number of carboxylic acid groups (broad SMARTS) is 1. The molecule has 0 spiro atoms. The molecule has 4 rings (SSSR count). The molecular weight excluding hydrogens is 558 g/mol. The molecule has 2 atom stereocenters. The number of aliphatic hydroxyl groups excluding tert-OH is 2. The van der Waals surface area contributed by atoms with Crippen LogP contribution in [0.25, 0.3) is 17.2 Å². The van der Waals surface area contributed by atoms with E-state index in [0.717, 1.165) is 0 Å². The van der Waals surface area contributed by atoms with Gasteiger partial charge in [0.15, 0.2) is 0 Å². The number of aromatic nitrogens is 1. The molecule has 2 heterocycles. The van der Waals surface area contributed by atoms with Crippen molar-refractivity contribution in [1.29, 1.82) is 0 Å². The van der Waals surface area contributed by atoms with Crippen LogP contribution in [-0.2, 0) is 21.2 Å². The maximum absolute atomic E-state index is 13.9. The van der Waals surface area contributed by atoms with Gasteiger partial charge in [-0.3, -0.25) is 0 Å². The molecule has 2 N–H and O–H groups in total. The summed E-state index contributed by atoms with van der Waals surface area (Å²) in [5.41, 5.74) is 3.24. The summed E-state index contributed by atoms with van der Waals surface area (Å²) >= 11 is 0. The van der Waals surface area contributed by atoms with Crippen molar-refractivity contribution < 1.29 is 62.5 Å². The van der Waals surface area contributed by atoms with Gasteiger partial charge in [-0.05, 0) is 54.2 Å². The van der Waals surface area contributed by atoms with Gasteiger partial charge in [-0.15, -0.1) is 0 Å². The van der Waals surface area contributed by atoms with E-state index in [1.165, 1.54) is 22.5 Å². The summed E-state index contributed by atoms with van der Waals surface area (Å²) in [7, 11) is -3.91. The third-order valence-corrected chi connectivity index (χ3v) is 8.58. The molecule has 212 valence electrons. The molecule has 0 unspecified atom stereocenters. The Bertz CT molecular complexity index is 1500. The van der Waals surface area contributed by atoms with E-state index in [1.54, 1.807) is 48.5 Å². The van der Waals surface area contributed by atoms with Crippen LogP contribution in [0.3, 0.4) is 0 Å². The number of fused-ring (bicyclic) bond motifs is 1. The summed E-state index contributed by atoms with van der Waals surface area (Å²) in [6.07, 6.45) is 0.902. The molecule has 11 heteroatoms. The first-order valence-electron chi connectivity index (χ1n) is 13.1. The number of anilines is 1. The molecule has 1 aliphatic heterocycles. The SMILES string of the molecule is CC(C)c1nc2c(c(-c3ccc(F)cc3)c1/C=C/[C@@H](O)C[C@@H](O)CC(=O)[O-])CCCN2S(=O)(=O)c1ccccc1.[Na+]. The molecule has 2 aromatic carbocycles. The fourth-order valence-electron chi connectivity index (χ4n) is 4.94. The van der Waals surface area contributed by atoms with E-state index < -0.39 is 40.4 Å². The van der Waals surface area contributed by atoms with Gasteiger partial charge in [0.2, 0.25) is 0 Å². The Morgan fingerprint density at radius 1 is 1.12 bits per heavy atom. The van der Waals surface area contributed by atoms with E-state index >= 15 is 0 Å². The first kappa shape index (κ1) is 32.9.